The van der Waals surface area contributed by atoms with E-state index in [1.807, 2.05) is 12.1 Å². The molecule has 0 bridgehead atoms. The summed E-state index contributed by atoms with van der Waals surface area (Å²) in [6, 6.07) is 2.99. The van der Waals surface area contributed by atoms with E-state index in [1.165, 1.54) is 0 Å². The Balaban J connectivity index is 0.00000192. The number of nitrogens with one attached hydrogen (secondary N) is 1. The van der Waals surface area contributed by atoms with Crippen LogP contribution in [0.5, 0.6) is 0 Å². The van der Waals surface area contributed by atoms with Crippen LogP contribution < -0.4 is 5.32 Å². The molecular formula is C15H20ClF2N3O2. The summed E-state index contributed by atoms with van der Waals surface area (Å²) in [5.41, 5.74) is 1.02. The Morgan fingerprint density at radius 3 is 2.83 bits per heavy atom. The number of alkyl halides is 2. The van der Waals surface area contributed by atoms with Crippen molar-refractivity contribution in [3.8, 4) is 0 Å². The van der Waals surface area contributed by atoms with Crippen LogP contribution in [0.2, 0.25) is 0 Å². The second-order valence-corrected chi connectivity index (χ2v) is 5.85. The highest BCUT2D eigenvalue weighted by Gasteiger charge is 2.44. The van der Waals surface area contributed by atoms with Gasteiger partial charge < -0.3 is 9.64 Å². The monoisotopic (exact) mass is 347 g/mol. The molecule has 2 fully saturated rings. The summed E-state index contributed by atoms with van der Waals surface area (Å²) >= 11 is 0. The molecule has 2 aliphatic rings. The van der Waals surface area contributed by atoms with Crippen molar-refractivity contribution < 1.29 is 18.3 Å². The van der Waals surface area contributed by atoms with Gasteiger partial charge in [-0.2, -0.15) is 0 Å². The van der Waals surface area contributed by atoms with Crippen LogP contribution in [0.1, 0.15) is 18.4 Å². The maximum Gasteiger partial charge on any atom is 0.262 e. The smallest absolute Gasteiger partial charge is 0.262 e. The van der Waals surface area contributed by atoms with E-state index in [4.69, 9.17) is 4.74 Å². The maximum absolute atomic E-state index is 13.2. The van der Waals surface area contributed by atoms with Crippen LogP contribution >= 0.6 is 12.4 Å². The number of nitrogens with zero attached hydrogens (tertiary/aromatic N) is 2. The number of hydrogen-bond acceptors (Lipinski definition) is 4. The molecule has 23 heavy (non-hydrogen) atoms. The van der Waals surface area contributed by atoms with Crippen LogP contribution in [0.25, 0.3) is 0 Å². The second kappa shape index (κ2) is 7.51. The molecule has 1 N–H and O–H groups in total. The van der Waals surface area contributed by atoms with Gasteiger partial charge in [0.2, 0.25) is 5.91 Å². The molecule has 0 spiro atoms. The maximum atomic E-state index is 13.2. The van der Waals surface area contributed by atoms with Crippen LogP contribution in [0, 0.1) is 0 Å². The highest BCUT2D eigenvalue weighted by Crippen LogP contribution is 2.27. The lowest BCUT2D eigenvalue weighted by molar-refractivity contribution is -0.133. The summed E-state index contributed by atoms with van der Waals surface area (Å²) in [7, 11) is 0. The molecule has 0 radical (unpaired) electrons. The number of rotatable bonds is 4. The van der Waals surface area contributed by atoms with E-state index in [-0.39, 0.29) is 24.4 Å². The van der Waals surface area contributed by atoms with E-state index in [2.05, 4.69) is 10.3 Å². The largest absolute Gasteiger partial charge is 0.372 e. The van der Waals surface area contributed by atoms with Gasteiger partial charge in [-0.05, 0) is 24.1 Å². The summed E-state index contributed by atoms with van der Waals surface area (Å²) < 4.78 is 32.1. The summed E-state index contributed by atoms with van der Waals surface area (Å²) in [5, 5.41) is 2.61. The number of carbonyl (C=O) groups is 1. The quantitative estimate of drug-likeness (QED) is 0.899. The van der Waals surface area contributed by atoms with E-state index >= 15 is 0 Å². The fourth-order valence-corrected chi connectivity index (χ4v) is 2.87. The average Bonchev–Trinajstić information content (AvgIpc) is 3.12. The van der Waals surface area contributed by atoms with Gasteiger partial charge in [-0.3, -0.25) is 15.1 Å². The fraction of sp³-hybridized carbons (Fsp3) is 0.600. The molecule has 2 saturated heterocycles. The van der Waals surface area contributed by atoms with Crippen molar-refractivity contribution in [2.45, 2.75) is 37.5 Å². The van der Waals surface area contributed by atoms with Crippen LogP contribution in [-0.4, -0.2) is 53.5 Å². The zero-order valence-corrected chi connectivity index (χ0v) is 13.4. The molecule has 128 valence electrons. The van der Waals surface area contributed by atoms with Crippen LogP contribution in [-0.2, 0) is 16.1 Å². The normalized spacial score (nSPS) is 26.1. The van der Waals surface area contributed by atoms with E-state index in [1.54, 1.807) is 17.3 Å². The van der Waals surface area contributed by atoms with Crippen molar-refractivity contribution >= 4 is 18.3 Å². The minimum Gasteiger partial charge on any atom is -0.372 e. The molecule has 8 heteroatoms. The Bertz CT molecular complexity index is 533. The third-order valence-corrected chi connectivity index (χ3v) is 4.10. The Labute approximate surface area is 139 Å². The summed E-state index contributed by atoms with van der Waals surface area (Å²) in [5.74, 6) is -3.02. The Morgan fingerprint density at radius 2 is 2.17 bits per heavy atom. The zero-order chi connectivity index (χ0) is 15.6. The van der Waals surface area contributed by atoms with Gasteiger partial charge in [0.05, 0.1) is 25.3 Å². The molecule has 3 rings (SSSR count). The van der Waals surface area contributed by atoms with Gasteiger partial charge in [0.15, 0.2) is 0 Å². The van der Waals surface area contributed by atoms with E-state index in [0.29, 0.717) is 19.7 Å². The minimum atomic E-state index is -2.78. The number of pyridine rings is 1. The van der Waals surface area contributed by atoms with Gasteiger partial charge in [0.1, 0.15) is 0 Å². The zero-order valence-electron chi connectivity index (χ0n) is 12.6. The fourth-order valence-electron chi connectivity index (χ4n) is 2.87. The predicted molar refractivity (Wildman–Crippen MR) is 82.6 cm³/mol. The van der Waals surface area contributed by atoms with Crippen molar-refractivity contribution in [2.75, 3.05) is 19.6 Å². The molecule has 2 atom stereocenters. The molecule has 5 nitrogen and oxygen atoms in total. The van der Waals surface area contributed by atoms with Gasteiger partial charge in [-0.15, -0.1) is 12.4 Å². The standard InChI is InChI=1S/C15H19F2N3O2.ClH/c16-15(17)7-13(19-10-15)14(21)20-6-3-12(8-20)22-9-11-1-4-18-5-2-11;/h1-2,4-5,12-13,19H,3,6-10H2;1H. The lowest BCUT2D eigenvalue weighted by atomic mass is 10.2. The lowest BCUT2D eigenvalue weighted by Crippen LogP contribution is -2.42. The van der Waals surface area contributed by atoms with Gasteiger partial charge >= 0.3 is 0 Å². The number of carbonyl (C=O) groups excluding carboxylic acids is 1. The highest BCUT2D eigenvalue weighted by molar-refractivity contribution is 5.85. The van der Waals surface area contributed by atoms with Crippen LogP contribution in [0.4, 0.5) is 8.78 Å². The van der Waals surface area contributed by atoms with E-state index in [9.17, 15) is 13.6 Å². The van der Waals surface area contributed by atoms with Crippen molar-refractivity contribution in [2.24, 2.45) is 0 Å². The Kier molecular flexibility index (Phi) is 5.89. The molecule has 1 aromatic heterocycles. The Hall–Kier alpha value is -1.31. The third kappa shape index (κ3) is 4.59. The molecule has 1 amide bonds. The summed E-state index contributed by atoms with van der Waals surface area (Å²) in [4.78, 5) is 17.8. The molecule has 0 aliphatic carbocycles. The summed E-state index contributed by atoms with van der Waals surface area (Å²) in [6.45, 7) is 1.07. The number of ether oxygens (including phenoxy) is 1. The molecule has 3 heterocycles. The van der Waals surface area contributed by atoms with Gasteiger partial charge in [0, 0.05) is 31.9 Å². The molecular weight excluding hydrogens is 328 g/mol. The van der Waals surface area contributed by atoms with Crippen LogP contribution in [0.3, 0.4) is 0 Å². The molecule has 1 aromatic rings. The predicted octanol–water partition coefficient (Wildman–Crippen LogP) is 1.62. The minimum absolute atomic E-state index is 0. The number of halogens is 3. The van der Waals surface area contributed by atoms with Crippen molar-refractivity contribution in [3.05, 3.63) is 30.1 Å². The Morgan fingerprint density at radius 1 is 1.43 bits per heavy atom. The number of amides is 1. The second-order valence-electron chi connectivity index (χ2n) is 5.85. The first-order valence-corrected chi connectivity index (χ1v) is 7.44. The van der Waals surface area contributed by atoms with E-state index in [0.717, 1.165) is 12.0 Å². The number of hydrogen-bond donors (Lipinski definition) is 1. The molecule has 0 saturated carbocycles. The molecule has 2 unspecified atom stereocenters. The highest BCUT2D eigenvalue weighted by atomic mass is 35.5. The van der Waals surface area contributed by atoms with Gasteiger partial charge in [-0.25, -0.2) is 8.78 Å². The number of aromatic nitrogens is 1. The first kappa shape index (κ1) is 18.0. The van der Waals surface area contributed by atoms with Crippen molar-refractivity contribution in [1.29, 1.82) is 0 Å². The first-order valence-electron chi connectivity index (χ1n) is 7.44. The first-order chi connectivity index (χ1) is 10.5. The van der Waals surface area contributed by atoms with Gasteiger partial charge in [0.25, 0.3) is 5.92 Å². The SMILES string of the molecule is Cl.O=C(C1CC(F)(F)CN1)N1CCC(OCc2ccncc2)C1. The van der Waals surface area contributed by atoms with Gasteiger partial charge in [-0.1, -0.05) is 0 Å². The average molecular weight is 348 g/mol. The third-order valence-electron chi connectivity index (χ3n) is 4.10. The van der Waals surface area contributed by atoms with Crippen molar-refractivity contribution in [1.82, 2.24) is 15.2 Å². The van der Waals surface area contributed by atoms with E-state index < -0.39 is 24.9 Å². The number of likely N-dealkylation sites (tertiary alicyclic amines) is 1. The lowest BCUT2D eigenvalue weighted by Gasteiger charge is -2.20. The topological polar surface area (TPSA) is 54.5 Å². The van der Waals surface area contributed by atoms with Crippen LogP contribution in [0.15, 0.2) is 24.5 Å². The summed E-state index contributed by atoms with van der Waals surface area (Å²) in [6.07, 6.45) is 3.69. The van der Waals surface area contributed by atoms with Crippen molar-refractivity contribution in [3.63, 3.8) is 0 Å². The molecule has 2 aliphatic heterocycles. The molecule has 0 aromatic carbocycles.